The molecule has 0 atom stereocenters. The number of hydrogen-bond donors (Lipinski definition) is 0. The molecule has 0 heterocycles. The van der Waals surface area contributed by atoms with Crippen LogP contribution in [0.25, 0.3) is 0 Å². The van der Waals surface area contributed by atoms with Gasteiger partial charge in [0.25, 0.3) is 0 Å². The zero-order chi connectivity index (χ0) is 18.6. The van der Waals surface area contributed by atoms with E-state index in [0.717, 1.165) is 6.92 Å². The summed E-state index contributed by atoms with van der Waals surface area (Å²) >= 11 is 0. The Morgan fingerprint density at radius 1 is 0.920 bits per heavy atom. The number of esters is 1. The molecule has 2 fully saturated rings. The number of rotatable bonds is 2. The van der Waals surface area contributed by atoms with Gasteiger partial charge < -0.3 is 4.74 Å². The van der Waals surface area contributed by atoms with Crippen molar-refractivity contribution >= 4 is 5.97 Å². The highest BCUT2D eigenvalue weighted by Gasteiger charge is 2.58. The number of hydrogen-bond acceptors (Lipinski definition) is 2. The number of alkyl halides is 6. The molecule has 0 aliphatic heterocycles. The van der Waals surface area contributed by atoms with Crippen molar-refractivity contribution in [3.05, 3.63) is 34.9 Å². The normalized spacial score (nSPS) is 29.1. The van der Waals surface area contributed by atoms with Gasteiger partial charge in [-0.3, -0.25) is 4.79 Å². The molecule has 0 unspecified atom stereocenters. The summed E-state index contributed by atoms with van der Waals surface area (Å²) in [6, 6.07) is 1.51. The summed E-state index contributed by atoms with van der Waals surface area (Å²) in [4.78, 5) is 11.6. The molecule has 0 saturated heterocycles. The molecule has 138 valence electrons. The summed E-state index contributed by atoms with van der Waals surface area (Å²) in [7, 11) is 0. The molecule has 25 heavy (non-hydrogen) atoms. The van der Waals surface area contributed by atoms with E-state index in [0.29, 0.717) is 37.8 Å². The second kappa shape index (κ2) is 5.64. The first-order valence-electron chi connectivity index (χ1n) is 7.94. The smallest absolute Gasteiger partial charge is 0.416 e. The summed E-state index contributed by atoms with van der Waals surface area (Å²) in [6.07, 6.45) is -7.37. The van der Waals surface area contributed by atoms with Crippen LogP contribution in [0.15, 0.2) is 18.2 Å². The summed E-state index contributed by atoms with van der Waals surface area (Å²) in [6.45, 7) is 1.12. The average molecular weight is 366 g/mol. The summed E-state index contributed by atoms with van der Waals surface area (Å²) in [5, 5.41) is 0. The number of benzene rings is 1. The van der Waals surface area contributed by atoms with Gasteiger partial charge in [-0.05, 0) is 49.4 Å². The summed E-state index contributed by atoms with van der Waals surface area (Å²) in [5.41, 5.74) is -4.35. The maximum absolute atomic E-state index is 13.1. The summed E-state index contributed by atoms with van der Waals surface area (Å²) < 4.78 is 84.3. The highest BCUT2D eigenvalue weighted by Crippen LogP contribution is 2.60. The minimum absolute atomic E-state index is 0.0990. The first-order chi connectivity index (χ1) is 11.4. The third-order valence-electron chi connectivity index (χ3n) is 5.29. The Bertz CT molecular complexity index is 639. The maximum Gasteiger partial charge on any atom is 0.416 e. The second-order valence-corrected chi connectivity index (χ2v) is 6.73. The van der Waals surface area contributed by atoms with E-state index < -0.39 is 35.0 Å². The van der Waals surface area contributed by atoms with Crippen LogP contribution < -0.4 is 0 Å². The molecule has 2 aliphatic rings. The number of carbonyl (C=O) groups excluding carboxylic acids is 1. The summed E-state index contributed by atoms with van der Waals surface area (Å²) in [5.74, 6) is -1.22. The van der Waals surface area contributed by atoms with Crippen molar-refractivity contribution in [1.82, 2.24) is 0 Å². The Morgan fingerprint density at radius 3 is 1.64 bits per heavy atom. The molecule has 0 N–H and O–H groups in total. The van der Waals surface area contributed by atoms with Gasteiger partial charge in [0.05, 0.1) is 11.1 Å². The maximum atomic E-state index is 13.1. The van der Waals surface area contributed by atoms with Crippen molar-refractivity contribution in [1.29, 1.82) is 0 Å². The molecule has 0 radical (unpaired) electrons. The predicted molar refractivity (Wildman–Crippen MR) is 75.3 cm³/mol. The molecular formula is C17H16F6O2. The van der Waals surface area contributed by atoms with Gasteiger partial charge in [-0.15, -0.1) is 0 Å². The molecule has 3 rings (SSSR count). The predicted octanol–water partition coefficient (Wildman–Crippen LogP) is 5.30. The molecule has 2 aliphatic carbocycles. The quantitative estimate of drug-likeness (QED) is 0.524. The van der Waals surface area contributed by atoms with Crippen molar-refractivity contribution in [2.75, 3.05) is 0 Å². The molecule has 2 saturated carbocycles. The van der Waals surface area contributed by atoms with Crippen molar-refractivity contribution in [3.8, 4) is 0 Å². The van der Waals surface area contributed by atoms with Gasteiger partial charge in [0.2, 0.25) is 0 Å². The Morgan fingerprint density at radius 2 is 1.32 bits per heavy atom. The number of halogens is 6. The fourth-order valence-corrected chi connectivity index (χ4v) is 4.40. The first kappa shape index (κ1) is 18.1. The van der Waals surface area contributed by atoms with Crippen LogP contribution in [0.5, 0.6) is 0 Å². The highest BCUT2D eigenvalue weighted by molar-refractivity contribution is 5.67. The van der Waals surface area contributed by atoms with Crippen LogP contribution in [0.3, 0.4) is 0 Å². The van der Waals surface area contributed by atoms with E-state index in [1.807, 2.05) is 0 Å². The lowest BCUT2D eigenvalue weighted by Gasteiger charge is -2.35. The largest absolute Gasteiger partial charge is 0.454 e. The molecule has 2 nitrogen and oxygen atoms in total. The minimum Gasteiger partial charge on any atom is -0.454 e. The van der Waals surface area contributed by atoms with Crippen molar-refractivity contribution < 1.29 is 35.9 Å². The molecule has 1 aromatic carbocycles. The zero-order valence-corrected chi connectivity index (χ0v) is 13.3. The van der Waals surface area contributed by atoms with E-state index in [4.69, 9.17) is 4.74 Å². The van der Waals surface area contributed by atoms with Crippen LogP contribution in [0.2, 0.25) is 0 Å². The lowest BCUT2D eigenvalue weighted by atomic mass is 9.82. The fraction of sp³-hybridized carbons (Fsp3) is 0.588. The van der Waals surface area contributed by atoms with Crippen LogP contribution in [-0.4, -0.2) is 5.97 Å². The third kappa shape index (κ3) is 3.00. The van der Waals surface area contributed by atoms with Crippen LogP contribution in [0.4, 0.5) is 26.3 Å². The van der Waals surface area contributed by atoms with E-state index in [2.05, 4.69) is 0 Å². The van der Waals surface area contributed by atoms with E-state index in [9.17, 15) is 31.1 Å². The third-order valence-corrected chi connectivity index (χ3v) is 5.29. The van der Waals surface area contributed by atoms with E-state index in [-0.39, 0.29) is 23.5 Å². The van der Waals surface area contributed by atoms with E-state index in [1.165, 1.54) is 0 Å². The molecule has 8 heteroatoms. The fourth-order valence-electron chi connectivity index (χ4n) is 4.40. The van der Waals surface area contributed by atoms with Gasteiger partial charge in [0.1, 0.15) is 5.60 Å². The van der Waals surface area contributed by atoms with Gasteiger partial charge in [0, 0.05) is 18.8 Å². The van der Waals surface area contributed by atoms with Crippen LogP contribution >= 0.6 is 0 Å². The molecule has 2 bridgehead atoms. The van der Waals surface area contributed by atoms with Crippen molar-refractivity contribution in [3.63, 3.8) is 0 Å². The molecule has 0 amide bonds. The highest BCUT2D eigenvalue weighted by atomic mass is 19.4. The average Bonchev–Trinajstić information content (AvgIpc) is 3.00. The van der Waals surface area contributed by atoms with Gasteiger partial charge in [-0.1, -0.05) is 0 Å². The van der Waals surface area contributed by atoms with Gasteiger partial charge >= 0.3 is 18.3 Å². The van der Waals surface area contributed by atoms with Crippen LogP contribution in [0.1, 0.15) is 49.3 Å². The number of ether oxygens (including phenoxy) is 1. The van der Waals surface area contributed by atoms with E-state index >= 15 is 0 Å². The molecule has 0 spiro atoms. The van der Waals surface area contributed by atoms with Gasteiger partial charge in [0.15, 0.2) is 0 Å². The second-order valence-electron chi connectivity index (χ2n) is 6.73. The van der Waals surface area contributed by atoms with Crippen molar-refractivity contribution in [2.45, 2.75) is 50.6 Å². The zero-order valence-electron chi connectivity index (χ0n) is 13.3. The monoisotopic (exact) mass is 366 g/mol. The Hall–Kier alpha value is -1.73. The number of carbonyl (C=O) groups is 1. The van der Waals surface area contributed by atoms with E-state index in [1.54, 1.807) is 0 Å². The van der Waals surface area contributed by atoms with Crippen LogP contribution in [-0.2, 0) is 27.5 Å². The first-order valence-corrected chi connectivity index (χ1v) is 7.94. The minimum atomic E-state index is -4.93. The molecule has 0 aromatic heterocycles. The SMILES string of the molecule is CC(=O)OC1(c2cc(C(F)(F)F)cc(C(F)(F)F)c2)C2CCC1CC2. The topological polar surface area (TPSA) is 26.3 Å². The lowest BCUT2D eigenvalue weighted by molar-refractivity contribution is -0.164. The van der Waals surface area contributed by atoms with Crippen molar-refractivity contribution in [2.24, 2.45) is 11.8 Å². The van der Waals surface area contributed by atoms with Gasteiger partial charge in [-0.2, -0.15) is 26.3 Å². The lowest BCUT2D eigenvalue weighted by Crippen LogP contribution is -2.37. The van der Waals surface area contributed by atoms with Crippen LogP contribution in [0, 0.1) is 11.8 Å². The Balaban J connectivity index is 2.22. The standard InChI is InChI=1S/C17H16F6O2/c1-9(24)25-15(10-2-3-11(15)5-4-10)12-6-13(16(18,19)20)8-14(7-12)17(21,22)23/h6-8,10-11H,2-5H2,1H3. The Labute approximate surface area is 140 Å². The van der Waals surface area contributed by atoms with Gasteiger partial charge in [-0.25, -0.2) is 0 Å². The molecule has 1 aromatic rings. The number of fused-ring (bicyclic) bond motifs is 2. The molecular weight excluding hydrogens is 350 g/mol. The Kier molecular flexibility index (Phi) is 4.08.